The third kappa shape index (κ3) is 2.41. The highest BCUT2D eigenvalue weighted by atomic mass is 16.5. The Morgan fingerprint density at radius 2 is 1.53 bits per heavy atom. The lowest BCUT2D eigenvalue weighted by Gasteiger charge is -2.12. The average molecular weight is 227 g/mol. The smallest absolute Gasteiger partial charge is 0.130 e. The molecule has 0 unspecified atom stereocenters. The van der Waals surface area contributed by atoms with Gasteiger partial charge in [-0.15, -0.1) is 0 Å². The SMILES string of the molecule is Cc1cc(Oc2ccccc2C)c(C)cc1N. The standard InChI is InChI=1S/C15H17NO/c1-10-6-4-5-7-14(10)17-15-9-11(2)13(16)8-12(15)3/h4-9H,16H2,1-3H3. The molecule has 2 aromatic rings. The maximum absolute atomic E-state index is 5.92. The van der Waals surface area contributed by atoms with Gasteiger partial charge < -0.3 is 10.5 Å². The van der Waals surface area contributed by atoms with Crippen molar-refractivity contribution in [3.63, 3.8) is 0 Å². The van der Waals surface area contributed by atoms with Crippen molar-refractivity contribution in [3.05, 3.63) is 53.1 Å². The van der Waals surface area contributed by atoms with E-state index >= 15 is 0 Å². The Bertz CT molecular complexity index is 547. The molecule has 2 nitrogen and oxygen atoms in total. The van der Waals surface area contributed by atoms with E-state index in [0.717, 1.165) is 33.9 Å². The van der Waals surface area contributed by atoms with Crippen LogP contribution in [-0.2, 0) is 0 Å². The summed E-state index contributed by atoms with van der Waals surface area (Å²) in [6.45, 7) is 6.03. The summed E-state index contributed by atoms with van der Waals surface area (Å²) in [5.41, 5.74) is 9.88. The molecule has 0 aromatic heterocycles. The van der Waals surface area contributed by atoms with Gasteiger partial charge in [0, 0.05) is 5.69 Å². The number of hydrogen-bond donors (Lipinski definition) is 1. The molecule has 0 spiro atoms. The van der Waals surface area contributed by atoms with Crippen LogP contribution in [0.3, 0.4) is 0 Å². The molecule has 0 amide bonds. The largest absolute Gasteiger partial charge is 0.457 e. The molecule has 0 saturated carbocycles. The zero-order valence-corrected chi connectivity index (χ0v) is 10.4. The number of nitrogen functional groups attached to an aromatic ring is 1. The van der Waals surface area contributed by atoms with Crippen LogP contribution in [0.25, 0.3) is 0 Å². The summed E-state index contributed by atoms with van der Waals surface area (Å²) >= 11 is 0. The Labute approximate surface area is 102 Å². The first-order chi connectivity index (χ1) is 8.08. The van der Waals surface area contributed by atoms with E-state index in [1.165, 1.54) is 0 Å². The van der Waals surface area contributed by atoms with Crippen molar-refractivity contribution in [2.75, 3.05) is 5.73 Å². The predicted molar refractivity (Wildman–Crippen MR) is 71.6 cm³/mol. The zero-order chi connectivity index (χ0) is 12.4. The average Bonchev–Trinajstić information content (AvgIpc) is 2.29. The van der Waals surface area contributed by atoms with E-state index in [4.69, 9.17) is 10.5 Å². The maximum atomic E-state index is 5.92. The first kappa shape index (κ1) is 11.5. The number of para-hydroxylation sites is 1. The summed E-state index contributed by atoms with van der Waals surface area (Å²) in [5, 5.41) is 0. The van der Waals surface area contributed by atoms with E-state index in [1.54, 1.807) is 0 Å². The van der Waals surface area contributed by atoms with E-state index in [2.05, 4.69) is 0 Å². The first-order valence-electron chi connectivity index (χ1n) is 5.68. The van der Waals surface area contributed by atoms with Crippen LogP contribution in [-0.4, -0.2) is 0 Å². The highest BCUT2D eigenvalue weighted by Crippen LogP contribution is 2.30. The predicted octanol–water partition coefficient (Wildman–Crippen LogP) is 3.99. The fourth-order valence-corrected chi connectivity index (χ4v) is 1.71. The number of ether oxygens (including phenoxy) is 1. The van der Waals surface area contributed by atoms with Gasteiger partial charge in [0.25, 0.3) is 0 Å². The van der Waals surface area contributed by atoms with Crippen LogP contribution in [0.4, 0.5) is 5.69 Å². The molecule has 0 radical (unpaired) electrons. The van der Waals surface area contributed by atoms with Crippen LogP contribution >= 0.6 is 0 Å². The quantitative estimate of drug-likeness (QED) is 0.787. The number of hydrogen-bond acceptors (Lipinski definition) is 2. The molecule has 0 aliphatic rings. The van der Waals surface area contributed by atoms with Gasteiger partial charge in [0.05, 0.1) is 0 Å². The zero-order valence-electron chi connectivity index (χ0n) is 10.4. The Hall–Kier alpha value is -1.96. The number of aryl methyl sites for hydroxylation is 3. The van der Waals surface area contributed by atoms with Crippen LogP contribution < -0.4 is 10.5 Å². The van der Waals surface area contributed by atoms with Gasteiger partial charge in [-0.05, 0) is 55.7 Å². The minimum absolute atomic E-state index is 0.805. The number of benzene rings is 2. The molecule has 88 valence electrons. The Kier molecular flexibility index (Phi) is 3.05. The van der Waals surface area contributed by atoms with Gasteiger partial charge in [0.2, 0.25) is 0 Å². The van der Waals surface area contributed by atoms with Crippen molar-refractivity contribution in [2.45, 2.75) is 20.8 Å². The summed E-state index contributed by atoms with van der Waals surface area (Å²) in [7, 11) is 0. The third-order valence-electron chi connectivity index (χ3n) is 2.88. The summed E-state index contributed by atoms with van der Waals surface area (Å²) in [6, 6.07) is 11.9. The molecular weight excluding hydrogens is 210 g/mol. The molecule has 2 rings (SSSR count). The highest BCUT2D eigenvalue weighted by Gasteiger charge is 2.06. The Morgan fingerprint density at radius 3 is 2.24 bits per heavy atom. The molecular formula is C15H17NO. The molecule has 2 aromatic carbocycles. The molecule has 0 heterocycles. The monoisotopic (exact) mass is 227 g/mol. The summed E-state index contributed by atoms with van der Waals surface area (Å²) in [5.74, 6) is 1.76. The van der Waals surface area contributed by atoms with Gasteiger partial charge in [-0.3, -0.25) is 0 Å². The summed E-state index contributed by atoms with van der Waals surface area (Å²) in [4.78, 5) is 0. The third-order valence-corrected chi connectivity index (χ3v) is 2.88. The van der Waals surface area contributed by atoms with E-state index in [1.807, 2.05) is 57.2 Å². The van der Waals surface area contributed by atoms with Crippen molar-refractivity contribution in [2.24, 2.45) is 0 Å². The lowest BCUT2D eigenvalue weighted by molar-refractivity contribution is 0.475. The van der Waals surface area contributed by atoms with Crippen molar-refractivity contribution < 1.29 is 4.74 Å². The maximum Gasteiger partial charge on any atom is 0.130 e. The van der Waals surface area contributed by atoms with Crippen molar-refractivity contribution in [1.29, 1.82) is 0 Å². The van der Waals surface area contributed by atoms with Crippen LogP contribution in [0.2, 0.25) is 0 Å². The van der Waals surface area contributed by atoms with Gasteiger partial charge >= 0.3 is 0 Å². The van der Waals surface area contributed by atoms with Crippen LogP contribution in [0.15, 0.2) is 36.4 Å². The fourth-order valence-electron chi connectivity index (χ4n) is 1.71. The molecule has 0 bridgehead atoms. The molecule has 0 aliphatic heterocycles. The van der Waals surface area contributed by atoms with Gasteiger partial charge in [-0.2, -0.15) is 0 Å². The second-order valence-corrected chi connectivity index (χ2v) is 4.34. The van der Waals surface area contributed by atoms with Crippen molar-refractivity contribution in [3.8, 4) is 11.5 Å². The molecule has 2 N–H and O–H groups in total. The van der Waals surface area contributed by atoms with E-state index < -0.39 is 0 Å². The Balaban J connectivity index is 2.37. The summed E-state index contributed by atoms with van der Waals surface area (Å²) < 4.78 is 5.92. The number of anilines is 1. The highest BCUT2D eigenvalue weighted by molar-refractivity contribution is 5.54. The summed E-state index contributed by atoms with van der Waals surface area (Å²) in [6.07, 6.45) is 0. The van der Waals surface area contributed by atoms with Gasteiger partial charge in [0.1, 0.15) is 11.5 Å². The van der Waals surface area contributed by atoms with Crippen LogP contribution in [0.5, 0.6) is 11.5 Å². The van der Waals surface area contributed by atoms with Crippen LogP contribution in [0.1, 0.15) is 16.7 Å². The van der Waals surface area contributed by atoms with E-state index in [0.29, 0.717) is 0 Å². The van der Waals surface area contributed by atoms with Gasteiger partial charge in [-0.1, -0.05) is 18.2 Å². The molecule has 0 saturated heterocycles. The fraction of sp³-hybridized carbons (Fsp3) is 0.200. The lowest BCUT2D eigenvalue weighted by Crippen LogP contribution is -1.95. The van der Waals surface area contributed by atoms with E-state index in [9.17, 15) is 0 Å². The first-order valence-corrected chi connectivity index (χ1v) is 5.68. The topological polar surface area (TPSA) is 35.2 Å². The van der Waals surface area contributed by atoms with Crippen molar-refractivity contribution in [1.82, 2.24) is 0 Å². The van der Waals surface area contributed by atoms with E-state index in [-0.39, 0.29) is 0 Å². The van der Waals surface area contributed by atoms with Gasteiger partial charge in [0.15, 0.2) is 0 Å². The number of rotatable bonds is 2. The second-order valence-electron chi connectivity index (χ2n) is 4.34. The minimum atomic E-state index is 0.805. The van der Waals surface area contributed by atoms with Gasteiger partial charge in [-0.25, -0.2) is 0 Å². The van der Waals surface area contributed by atoms with Crippen LogP contribution in [0, 0.1) is 20.8 Å². The molecule has 0 atom stereocenters. The lowest BCUT2D eigenvalue weighted by atomic mass is 10.1. The normalized spacial score (nSPS) is 10.3. The Morgan fingerprint density at radius 1 is 0.824 bits per heavy atom. The molecule has 0 aliphatic carbocycles. The molecule has 17 heavy (non-hydrogen) atoms. The molecule has 0 fully saturated rings. The minimum Gasteiger partial charge on any atom is -0.457 e. The second kappa shape index (κ2) is 4.50. The van der Waals surface area contributed by atoms with Crippen molar-refractivity contribution >= 4 is 5.69 Å². The molecule has 2 heteroatoms. The number of nitrogens with two attached hydrogens (primary N) is 1.